The van der Waals surface area contributed by atoms with Gasteiger partial charge in [-0.15, -0.1) is 5.10 Å². The van der Waals surface area contributed by atoms with Crippen LogP contribution in [0.3, 0.4) is 0 Å². The average molecular weight is 353 g/mol. The van der Waals surface area contributed by atoms with Gasteiger partial charge in [-0.3, -0.25) is 5.10 Å². The summed E-state index contributed by atoms with van der Waals surface area (Å²) in [5, 5.41) is 11.3. The molecule has 0 aliphatic heterocycles. The Morgan fingerprint density at radius 1 is 0.885 bits per heavy atom. The largest absolute Gasteiger partial charge is 0.496 e. The van der Waals surface area contributed by atoms with Crippen LogP contribution < -0.4 is 14.2 Å². The van der Waals surface area contributed by atoms with Crippen molar-refractivity contribution in [3.63, 3.8) is 0 Å². The zero-order valence-corrected chi connectivity index (χ0v) is 15.5. The average Bonchev–Trinajstić information content (AvgIpc) is 3.17. The fourth-order valence-electron chi connectivity index (χ4n) is 2.96. The molecule has 1 N–H and O–H groups in total. The van der Waals surface area contributed by atoms with Gasteiger partial charge in [-0.25, -0.2) is 0 Å². The van der Waals surface area contributed by atoms with Crippen LogP contribution in [0.25, 0.3) is 22.5 Å². The third-order valence-electron chi connectivity index (χ3n) is 4.29. The summed E-state index contributed by atoms with van der Waals surface area (Å²) in [5.74, 6) is 1.85. The first-order valence-corrected chi connectivity index (χ1v) is 8.52. The Hall–Kier alpha value is -3.02. The van der Waals surface area contributed by atoms with Crippen molar-refractivity contribution in [3.8, 4) is 39.8 Å². The first-order chi connectivity index (χ1) is 12.7. The molecular weight excluding hydrogens is 330 g/mol. The Kier molecular flexibility index (Phi) is 5.41. The lowest BCUT2D eigenvalue weighted by Crippen LogP contribution is -1.96. The van der Waals surface area contributed by atoms with E-state index in [1.165, 1.54) is 5.56 Å². The number of aryl methyl sites for hydroxylation is 1. The summed E-state index contributed by atoms with van der Waals surface area (Å²) in [4.78, 5) is 0. The Labute approximate surface area is 153 Å². The molecule has 0 unspecified atom stereocenters. The monoisotopic (exact) mass is 353 g/mol. The molecule has 0 bridgehead atoms. The van der Waals surface area contributed by atoms with E-state index >= 15 is 0 Å². The molecule has 0 amide bonds. The van der Waals surface area contributed by atoms with E-state index in [1.54, 1.807) is 27.4 Å². The highest BCUT2D eigenvalue weighted by Crippen LogP contribution is 2.41. The number of nitrogens with zero attached hydrogens (tertiary/aromatic N) is 2. The van der Waals surface area contributed by atoms with Gasteiger partial charge in [-0.2, -0.15) is 0 Å². The Balaban J connectivity index is 2.08. The molecule has 0 atom stereocenters. The highest BCUT2D eigenvalue weighted by atomic mass is 16.5. The summed E-state index contributed by atoms with van der Waals surface area (Å²) in [5.41, 5.74) is 4.65. The maximum atomic E-state index is 5.54. The van der Waals surface area contributed by atoms with E-state index in [4.69, 9.17) is 14.2 Å². The molecule has 0 aliphatic carbocycles. The number of methoxy groups -OCH3 is 3. The molecule has 6 heteroatoms. The van der Waals surface area contributed by atoms with Crippen LogP contribution in [-0.2, 0) is 6.42 Å². The van der Waals surface area contributed by atoms with Gasteiger partial charge in [0.2, 0.25) is 0 Å². The molecule has 2 aromatic carbocycles. The molecule has 0 saturated carbocycles. The second kappa shape index (κ2) is 7.91. The molecule has 0 fully saturated rings. The minimum Gasteiger partial charge on any atom is -0.496 e. The molecule has 1 heterocycles. The Morgan fingerprint density at radius 3 is 2.15 bits per heavy atom. The summed E-state index contributed by atoms with van der Waals surface area (Å²) in [6, 6.07) is 12.1. The Morgan fingerprint density at radius 2 is 1.54 bits per heavy atom. The molecule has 1 aromatic heterocycles. The molecule has 6 nitrogen and oxygen atoms in total. The molecule has 0 spiro atoms. The minimum atomic E-state index is 0.599. The summed E-state index contributed by atoms with van der Waals surface area (Å²) < 4.78 is 16.3. The zero-order chi connectivity index (χ0) is 18.5. The van der Waals surface area contributed by atoms with Crippen LogP contribution in [0.5, 0.6) is 17.2 Å². The number of hydrogen-bond donors (Lipinski definition) is 1. The smallest absolute Gasteiger partial charge is 0.164 e. The van der Waals surface area contributed by atoms with E-state index < -0.39 is 0 Å². The van der Waals surface area contributed by atoms with Crippen LogP contribution in [0.4, 0.5) is 0 Å². The third-order valence-corrected chi connectivity index (χ3v) is 4.29. The van der Waals surface area contributed by atoms with Crippen LogP contribution in [0, 0.1) is 0 Å². The number of aromatic nitrogens is 3. The number of aromatic amines is 1. The summed E-state index contributed by atoms with van der Waals surface area (Å²) in [7, 11) is 4.81. The van der Waals surface area contributed by atoms with E-state index in [2.05, 4.69) is 46.6 Å². The maximum absolute atomic E-state index is 5.54. The molecule has 0 aliphatic rings. The van der Waals surface area contributed by atoms with Gasteiger partial charge >= 0.3 is 0 Å². The van der Waals surface area contributed by atoms with E-state index in [-0.39, 0.29) is 0 Å². The van der Waals surface area contributed by atoms with E-state index in [0.717, 1.165) is 29.7 Å². The van der Waals surface area contributed by atoms with Gasteiger partial charge in [0.1, 0.15) is 11.4 Å². The van der Waals surface area contributed by atoms with E-state index in [0.29, 0.717) is 22.9 Å². The fraction of sp³-hybridized carbons (Fsp3) is 0.300. The van der Waals surface area contributed by atoms with Crippen LogP contribution in [0.2, 0.25) is 0 Å². The van der Waals surface area contributed by atoms with Crippen molar-refractivity contribution >= 4 is 0 Å². The maximum Gasteiger partial charge on any atom is 0.164 e. The molecule has 26 heavy (non-hydrogen) atoms. The highest BCUT2D eigenvalue weighted by molar-refractivity contribution is 5.82. The topological polar surface area (TPSA) is 69.3 Å². The second-order valence-electron chi connectivity index (χ2n) is 5.89. The summed E-state index contributed by atoms with van der Waals surface area (Å²) in [6.45, 7) is 2.17. The van der Waals surface area contributed by atoms with E-state index in [1.807, 2.05) is 6.07 Å². The molecular formula is C20H23N3O3. The first-order valence-electron chi connectivity index (χ1n) is 8.52. The number of hydrogen-bond acceptors (Lipinski definition) is 5. The van der Waals surface area contributed by atoms with Crippen molar-refractivity contribution in [2.75, 3.05) is 21.3 Å². The Bertz CT molecular complexity index is 873. The third kappa shape index (κ3) is 3.35. The van der Waals surface area contributed by atoms with Gasteiger partial charge in [0.25, 0.3) is 0 Å². The molecule has 3 rings (SSSR count). The fourth-order valence-corrected chi connectivity index (χ4v) is 2.96. The van der Waals surface area contributed by atoms with Gasteiger partial charge in [-0.05, 0) is 18.1 Å². The van der Waals surface area contributed by atoms with E-state index in [9.17, 15) is 0 Å². The lowest BCUT2D eigenvalue weighted by Gasteiger charge is -2.13. The number of H-pyrrole nitrogens is 1. The van der Waals surface area contributed by atoms with Gasteiger partial charge in [-0.1, -0.05) is 42.8 Å². The zero-order valence-electron chi connectivity index (χ0n) is 15.5. The molecule has 0 radical (unpaired) electrons. The lowest BCUT2D eigenvalue weighted by atomic mass is 10.0. The minimum absolute atomic E-state index is 0.599. The number of rotatable bonds is 7. The van der Waals surface area contributed by atoms with Crippen molar-refractivity contribution in [1.82, 2.24) is 15.4 Å². The van der Waals surface area contributed by atoms with Crippen molar-refractivity contribution in [3.05, 3.63) is 42.0 Å². The lowest BCUT2D eigenvalue weighted by molar-refractivity contribution is 0.349. The normalized spacial score (nSPS) is 10.6. The first kappa shape index (κ1) is 17.8. The summed E-state index contributed by atoms with van der Waals surface area (Å²) >= 11 is 0. The highest BCUT2D eigenvalue weighted by Gasteiger charge is 2.19. The predicted octanol–water partition coefficient (Wildman–Crippen LogP) is 4.12. The quantitative estimate of drug-likeness (QED) is 0.692. The van der Waals surface area contributed by atoms with Gasteiger partial charge in [0.15, 0.2) is 11.5 Å². The second-order valence-corrected chi connectivity index (χ2v) is 5.89. The predicted molar refractivity (Wildman–Crippen MR) is 101 cm³/mol. The summed E-state index contributed by atoms with van der Waals surface area (Å²) in [6.07, 6.45) is 2.19. The van der Waals surface area contributed by atoms with Gasteiger partial charge < -0.3 is 14.2 Å². The molecule has 3 aromatic rings. The number of nitrogens with one attached hydrogen (secondary N) is 1. The standard InChI is InChI=1S/C20H23N3O3/c1-5-6-13-7-9-14(10-8-13)19-20(22-23-21-19)15-11-17(25-3)18(26-4)12-16(15)24-2/h7-12H,5-6H2,1-4H3,(H,21,22,23). The van der Waals surface area contributed by atoms with Crippen molar-refractivity contribution < 1.29 is 14.2 Å². The van der Waals surface area contributed by atoms with Crippen LogP contribution in [0.15, 0.2) is 36.4 Å². The SMILES string of the molecule is CCCc1ccc(-c2[nH]nnc2-c2cc(OC)c(OC)cc2OC)cc1. The molecule has 0 saturated heterocycles. The van der Waals surface area contributed by atoms with Crippen LogP contribution in [-0.4, -0.2) is 36.7 Å². The molecule has 136 valence electrons. The van der Waals surface area contributed by atoms with Gasteiger partial charge in [0.05, 0.1) is 32.6 Å². The van der Waals surface area contributed by atoms with Crippen LogP contribution >= 0.6 is 0 Å². The number of benzene rings is 2. The van der Waals surface area contributed by atoms with Gasteiger partial charge in [0, 0.05) is 11.6 Å². The number of ether oxygens (including phenoxy) is 3. The van der Waals surface area contributed by atoms with Crippen molar-refractivity contribution in [1.29, 1.82) is 0 Å². The van der Waals surface area contributed by atoms with Crippen LogP contribution in [0.1, 0.15) is 18.9 Å². The van der Waals surface area contributed by atoms with Crippen molar-refractivity contribution in [2.24, 2.45) is 0 Å². The van der Waals surface area contributed by atoms with Crippen molar-refractivity contribution in [2.45, 2.75) is 19.8 Å².